The molecule has 0 amide bonds. The summed E-state index contributed by atoms with van der Waals surface area (Å²) in [6.07, 6.45) is 3.47. The number of rotatable bonds is 1. The summed E-state index contributed by atoms with van der Waals surface area (Å²) >= 11 is 0. The Morgan fingerprint density at radius 1 is 1.15 bits per heavy atom. The van der Waals surface area contributed by atoms with E-state index in [1.165, 1.54) is 12.1 Å². The third-order valence-corrected chi connectivity index (χ3v) is 1.72. The summed E-state index contributed by atoms with van der Waals surface area (Å²) < 4.78 is 12.6. The van der Waals surface area contributed by atoms with Crippen molar-refractivity contribution in [1.82, 2.24) is 4.98 Å². The van der Waals surface area contributed by atoms with E-state index in [1.807, 2.05) is 0 Å². The molecule has 0 atom stereocenters. The lowest BCUT2D eigenvalue weighted by molar-refractivity contribution is -0.368. The number of nitrogens with zero attached hydrogens (tertiary/aromatic N) is 1. The highest BCUT2D eigenvalue weighted by atomic mass is 19.1. The fourth-order valence-corrected chi connectivity index (χ4v) is 1.09. The first-order valence-electron chi connectivity index (χ1n) is 3.95. The molecule has 1 heterocycles. The van der Waals surface area contributed by atoms with E-state index in [2.05, 4.69) is 9.97 Å². The van der Waals surface area contributed by atoms with E-state index in [4.69, 9.17) is 0 Å². The average molecular weight is 175 g/mol. The van der Waals surface area contributed by atoms with Crippen molar-refractivity contribution < 1.29 is 9.37 Å². The normalized spacial score (nSPS) is 9.92. The molecule has 0 aliphatic rings. The second-order valence-corrected chi connectivity index (χ2v) is 2.64. The Balaban J connectivity index is 2.42. The maximum atomic E-state index is 12.6. The third kappa shape index (κ3) is 1.69. The minimum absolute atomic E-state index is 0.236. The second kappa shape index (κ2) is 3.31. The molecule has 1 N–H and O–H groups in total. The van der Waals surface area contributed by atoms with E-state index in [0.29, 0.717) is 0 Å². The Bertz CT molecular complexity index is 383. The van der Waals surface area contributed by atoms with Gasteiger partial charge in [0, 0.05) is 6.07 Å². The Morgan fingerprint density at radius 3 is 2.54 bits per heavy atom. The summed E-state index contributed by atoms with van der Waals surface area (Å²) in [6.45, 7) is 0. The van der Waals surface area contributed by atoms with Gasteiger partial charge in [-0.3, -0.25) is 0 Å². The fraction of sp³-hybridized carbons (Fsp3) is 0. The van der Waals surface area contributed by atoms with Crippen molar-refractivity contribution in [1.29, 1.82) is 0 Å². The highest BCUT2D eigenvalue weighted by Crippen LogP contribution is 2.11. The fourth-order valence-electron chi connectivity index (χ4n) is 1.09. The van der Waals surface area contributed by atoms with Crippen molar-refractivity contribution in [2.75, 3.05) is 0 Å². The first-order valence-corrected chi connectivity index (χ1v) is 3.95. The standard InChI is InChI=1S/C10H7FN2/c11-9-4-2-8(3-5-9)10-12-6-1-7-13-10/h1-7H/p+1. The number of halogens is 1. The van der Waals surface area contributed by atoms with Gasteiger partial charge in [0.2, 0.25) is 0 Å². The Kier molecular flexibility index (Phi) is 2.00. The molecule has 0 fully saturated rings. The SMILES string of the molecule is Fc1ccc(-c2nccc[nH+]2)cc1. The maximum Gasteiger partial charge on any atom is 0.327 e. The molecule has 0 aliphatic heterocycles. The van der Waals surface area contributed by atoms with Crippen molar-refractivity contribution in [2.24, 2.45) is 0 Å². The van der Waals surface area contributed by atoms with Crippen LogP contribution in [-0.2, 0) is 0 Å². The van der Waals surface area contributed by atoms with Crippen molar-refractivity contribution >= 4 is 0 Å². The lowest BCUT2D eigenvalue weighted by atomic mass is 10.2. The van der Waals surface area contributed by atoms with Crippen molar-refractivity contribution in [3.8, 4) is 11.4 Å². The zero-order valence-corrected chi connectivity index (χ0v) is 6.87. The number of benzene rings is 1. The smallest absolute Gasteiger partial charge is 0.244 e. The van der Waals surface area contributed by atoms with Gasteiger partial charge < -0.3 is 0 Å². The van der Waals surface area contributed by atoms with Crippen LogP contribution < -0.4 is 4.98 Å². The molecule has 2 rings (SSSR count). The molecule has 0 aliphatic carbocycles. The van der Waals surface area contributed by atoms with Crippen molar-refractivity contribution in [3.63, 3.8) is 0 Å². The lowest BCUT2D eigenvalue weighted by Gasteiger charge is -1.91. The van der Waals surface area contributed by atoms with Crippen LogP contribution in [0.3, 0.4) is 0 Å². The number of hydrogen-bond acceptors (Lipinski definition) is 1. The Labute approximate surface area is 75.1 Å². The van der Waals surface area contributed by atoms with Crippen LogP contribution in [0.1, 0.15) is 0 Å². The van der Waals surface area contributed by atoms with Gasteiger partial charge in [0.1, 0.15) is 12.0 Å². The number of aromatic amines is 1. The van der Waals surface area contributed by atoms with Gasteiger partial charge in [0.15, 0.2) is 0 Å². The molecule has 0 radical (unpaired) electrons. The summed E-state index contributed by atoms with van der Waals surface area (Å²) in [5.74, 6) is 0.502. The topological polar surface area (TPSA) is 27.0 Å². The van der Waals surface area contributed by atoms with Gasteiger partial charge in [-0.05, 0) is 29.2 Å². The van der Waals surface area contributed by atoms with Gasteiger partial charge in [-0.2, -0.15) is 0 Å². The predicted octanol–water partition coefficient (Wildman–Crippen LogP) is 1.70. The summed E-state index contributed by atoms with van der Waals surface area (Å²) in [5, 5.41) is 0. The molecule has 2 aromatic rings. The van der Waals surface area contributed by atoms with Gasteiger partial charge in [-0.25, -0.2) is 9.37 Å². The van der Waals surface area contributed by atoms with E-state index in [0.717, 1.165) is 11.4 Å². The van der Waals surface area contributed by atoms with Crippen LogP contribution in [0.4, 0.5) is 4.39 Å². The number of nitrogens with one attached hydrogen (secondary N) is 1. The third-order valence-electron chi connectivity index (χ3n) is 1.72. The predicted molar refractivity (Wildman–Crippen MR) is 46.2 cm³/mol. The summed E-state index contributed by atoms with van der Waals surface area (Å²) in [5.41, 5.74) is 0.877. The molecule has 1 aromatic heterocycles. The Morgan fingerprint density at radius 2 is 1.92 bits per heavy atom. The van der Waals surface area contributed by atoms with E-state index >= 15 is 0 Å². The van der Waals surface area contributed by atoms with Crippen LogP contribution in [0.2, 0.25) is 0 Å². The van der Waals surface area contributed by atoms with Crippen LogP contribution in [0.5, 0.6) is 0 Å². The van der Waals surface area contributed by atoms with E-state index in [-0.39, 0.29) is 5.82 Å². The quantitative estimate of drug-likeness (QED) is 0.648. The van der Waals surface area contributed by atoms with E-state index in [1.54, 1.807) is 30.6 Å². The Hall–Kier alpha value is -1.77. The van der Waals surface area contributed by atoms with Crippen LogP contribution in [0.25, 0.3) is 11.4 Å². The monoisotopic (exact) mass is 175 g/mol. The van der Waals surface area contributed by atoms with Gasteiger partial charge >= 0.3 is 5.82 Å². The summed E-state index contributed by atoms with van der Waals surface area (Å²) in [6, 6.07) is 8.01. The highest BCUT2D eigenvalue weighted by Gasteiger charge is 2.05. The molecule has 0 saturated heterocycles. The van der Waals surface area contributed by atoms with E-state index < -0.39 is 0 Å². The molecular weight excluding hydrogens is 167 g/mol. The van der Waals surface area contributed by atoms with E-state index in [9.17, 15) is 4.39 Å². The van der Waals surface area contributed by atoms with Crippen molar-refractivity contribution in [3.05, 3.63) is 48.5 Å². The second-order valence-electron chi connectivity index (χ2n) is 2.64. The molecule has 0 unspecified atom stereocenters. The first-order chi connectivity index (χ1) is 6.36. The number of hydrogen-bond donors (Lipinski definition) is 0. The molecule has 1 aromatic carbocycles. The first kappa shape index (κ1) is 7.86. The summed E-state index contributed by atoms with van der Waals surface area (Å²) in [4.78, 5) is 7.07. The molecule has 2 nitrogen and oxygen atoms in total. The van der Waals surface area contributed by atoms with Crippen LogP contribution in [0.15, 0.2) is 42.7 Å². The zero-order valence-electron chi connectivity index (χ0n) is 6.87. The molecule has 3 heteroatoms. The molecule has 0 saturated carbocycles. The molecule has 0 bridgehead atoms. The van der Waals surface area contributed by atoms with Gasteiger partial charge in [-0.1, -0.05) is 0 Å². The molecule has 64 valence electrons. The van der Waals surface area contributed by atoms with Gasteiger partial charge in [-0.15, -0.1) is 0 Å². The van der Waals surface area contributed by atoms with Crippen LogP contribution in [-0.4, -0.2) is 4.98 Å². The number of aromatic nitrogens is 2. The largest absolute Gasteiger partial charge is 0.327 e. The average Bonchev–Trinajstić information content (AvgIpc) is 2.20. The molecule has 0 spiro atoms. The minimum Gasteiger partial charge on any atom is -0.244 e. The van der Waals surface area contributed by atoms with Gasteiger partial charge in [0.05, 0.1) is 11.8 Å². The van der Waals surface area contributed by atoms with Crippen molar-refractivity contribution in [2.45, 2.75) is 0 Å². The number of H-pyrrole nitrogens is 1. The van der Waals surface area contributed by atoms with Gasteiger partial charge in [0.25, 0.3) is 0 Å². The van der Waals surface area contributed by atoms with Crippen LogP contribution in [0, 0.1) is 5.82 Å². The highest BCUT2D eigenvalue weighted by molar-refractivity contribution is 5.50. The zero-order chi connectivity index (χ0) is 9.10. The summed E-state index contributed by atoms with van der Waals surface area (Å²) in [7, 11) is 0. The molecule has 13 heavy (non-hydrogen) atoms. The lowest BCUT2D eigenvalue weighted by Crippen LogP contribution is -2.06. The maximum absolute atomic E-state index is 12.6. The van der Waals surface area contributed by atoms with Crippen LogP contribution >= 0.6 is 0 Å². The molecular formula is C10H8FN2+. The minimum atomic E-state index is -0.236.